The van der Waals surface area contributed by atoms with E-state index in [1.165, 1.54) is 19.2 Å². The Bertz CT molecular complexity index is 1160. The van der Waals surface area contributed by atoms with Crippen molar-refractivity contribution in [2.45, 2.75) is 24.7 Å². The van der Waals surface area contributed by atoms with Crippen LogP contribution in [0.25, 0.3) is 0 Å². The summed E-state index contributed by atoms with van der Waals surface area (Å²) in [6, 6.07) is 9.59. The van der Waals surface area contributed by atoms with Crippen LogP contribution in [0.2, 0.25) is 0 Å². The molecule has 0 bridgehead atoms. The zero-order valence-corrected chi connectivity index (χ0v) is 18.7. The quantitative estimate of drug-likeness (QED) is 0.657. The summed E-state index contributed by atoms with van der Waals surface area (Å²) >= 11 is 0. The van der Waals surface area contributed by atoms with E-state index >= 15 is 0 Å². The molecule has 1 heterocycles. The molecular formula is C22H25N3O6S. The van der Waals surface area contributed by atoms with Crippen LogP contribution in [0.4, 0.5) is 11.4 Å². The van der Waals surface area contributed by atoms with E-state index in [1.807, 2.05) is 6.92 Å². The zero-order chi connectivity index (χ0) is 22.9. The monoisotopic (exact) mass is 459 g/mol. The summed E-state index contributed by atoms with van der Waals surface area (Å²) < 4.78 is 37.7. The first-order valence-corrected chi connectivity index (χ1v) is 11.8. The number of hydrogen-bond acceptors (Lipinski definition) is 6. The third-order valence-corrected chi connectivity index (χ3v) is 7.11. The summed E-state index contributed by atoms with van der Waals surface area (Å²) in [5, 5.41) is 5.57. The molecule has 9 nitrogen and oxygen atoms in total. The first-order chi connectivity index (χ1) is 15.2. The topological polar surface area (TPSA) is 114 Å². The van der Waals surface area contributed by atoms with Gasteiger partial charge in [0, 0.05) is 30.4 Å². The Morgan fingerprint density at radius 1 is 1.03 bits per heavy atom. The maximum absolute atomic E-state index is 12.9. The fourth-order valence-electron chi connectivity index (χ4n) is 3.27. The van der Waals surface area contributed by atoms with Crippen molar-refractivity contribution in [3.05, 3.63) is 42.0 Å². The van der Waals surface area contributed by atoms with Gasteiger partial charge in [0.2, 0.25) is 21.8 Å². The molecule has 0 saturated heterocycles. The Labute approximate surface area is 186 Å². The highest BCUT2D eigenvalue weighted by Gasteiger charge is 2.30. The summed E-state index contributed by atoms with van der Waals surface area (Å²) in [6.45, 7) is 2.19. The molecule has 1 fully saturated rings. The first-order valence-electron chi connectivity index (χ1n) is 10.3. The van der Waals surface area contributed by atoms with E-state index in [9.17, 15) is 18.0 Å². The number of hydrogen-bond donors (Lipinski definition) is 2. The smallest absolute Gasteiger partial charge is 0.243 e. The van der Waals surface area contributed by atoms with E-state index in [-0.39, 0.29) is 23.3 Å². The van der Waals surface area contributed by atoms with Crippen molar-refractivity contribution >= 4 is 33.2 Å². The van der Waals surface area contributed by atoms with Gasteiger partial charge < -0.3 is 20.1 Å². The molecule has 170 valence electrons. The van der Waals surface area contributed by atoms with Crippen molar-refractivity contribution < 1.29 is 27.5 Å². The lowest BCUT2D eigenvalue weighted by Gasteiger charge is -2.21. The number of nitrogens with zero attached hydrogens (tertiary/aromatic N) is 1. The summed E-state index contributed by atoms with van der Waals surface area (Å²) in [7, 11) is -2.58. The summed E-state index contributed by atoms with van der Waals surface area (Å²) in [5.74, 6) is 0.378. The molecule has 2 aromatic carbocycles. The summed E-state index contributed by atoms with van der Waals surface area (Å²) in [5.41, 5.74) is 1.88. The van der Waals surface area contributed by atoms with Crippen molar-refractivity contribution in [3.8, 4) is 11.5 Å². The van der Waals surface area contributed by atoms with E-state index in [4.69, 9.17) is 9.47 Å². The van der Waals surface area contributed by atoms with Gasteiger partial charge in [-0.25, -0.2) is 8.42 Å². The molecule has 32 heavy (non-hydrogen) atoms. The number of nitrogens with one attached hydrogen (secondary N) is 2. The molecule has 0 unspecified atom stereocenters. The molecule has 0 spiro atoms. The number of fused-ring (bicyclic) bond motifs is 1. The number of ether oxygens (including phenoxy) is 2. The third kappa shape index (κ3) is 4.86. The Morgan fingerprint density at radius 2 is 1.75 bits per heavy atom. The predicted octanol–water partition coefficient (Wildman–Crippen LogP) is 2.37. The normalized spacial score (nSPS) is 15.3. The van der Waals surface area contributed by atoms with Gasteiger partial charge in [0.25, 0.3) is 0 Å². The molecule has 0 aromatic heterocycles. The van der Waals surface area contributed by atoms with Crippen molar-refractivity contribution in [1.82, 2.24) is 4.31 Å². The average Bonchev–Trinajstić information content (AvgIpc) is 3.61. The Kier molecular flexibility index (Phi) is 6.07. The molecule has 1 aliphatic heterocycles. The van der Waals surface area contributed by atoms with Gasteiger partial charge >= 0.3 is 0 Å². The molecule has 2 aliphatic rings. The highest BCUT2D eigenvalue weighted by Crippen LogP contribution is 2.33. The number of likely N-dealkylation sites (N-methyl/N-ethyl adjacent to an activating group) is 1. The second-order valence-electron chi connectivity index (χ2n) is 7.91. The summed E-state index contributed by atoms with van der Waals surface area (Å²) in [4.78, 5) is 24.6. The average molecular weight is 460 g/mol. The fourth-order valence-corrected chi connectivity index (χ4v) is 4.41. The maximum atomic E-state index is 12.9. The molecule has 2 amide bonds. The van der Waals surface area contributed by atoms with Crippen LogP contribution < -0.4 is 20.1 Å². The van der Waals surface area contributed by atoms with Crippen LogP contribution in [0.15, 0.2) is 41.3 Å². The van der Waals surface area contributed by atoms with E-state index in [0.717, 1.165) is 22.7 Å². The number of carbonyl (C=O) groups excluding carboxylic acids is 2. The first kappa shape index (κ1) is 22.1. The van der Waals surface area contributed by atoms with Gasteiger partial charge in [-0.05, 0) is 49.6 Å². The minimum atomic E-state index is -3.92. The van der Waals surface area contributed by atoms with Gasteiger partial charge in [-0.15, -0.1) is 0 Å². The summed E-state index contributed by atoms with van der Waals surface area (Å²) in [6.07, 6.45) is 1.79. The van der Waals surface area contributed by atoms with Crippen molar-refractivity contribution in [2.75, 3.05) is 37.4 Å². The van der Waals surface area contributed by atoms with E-state index in [2.05, 4.69) is 10.6 Å². The number of anilines is 2. The van der Waals surface area contributed by atoms with Crippen molar-refractivity contribution in [1.29, 1.82) is 0 Å². The van der Waals surface area contributed by atoms with E-state index in [0.29, 0.717) is 36.1 Å². The van der Waals surface area contributed by atoms with Crippen LogP contribution in [0.3, 0.4) is 0 Å². The lowest BCUT2D eigenvalue weighted by atomic mass is 10.1. The number of benzene rings is 2. The van der Waals surface area contributed by atoms with Crippen LogP contribution in [0.5, 0.6) is 11.5 Å². The number of carbonyl (C=O) groups is 2. The molecule has 4 rings (SSSR count). The zero-order valence-electron chi connectivity index (χ0n) is 17.9. The van der Waals surface area contributed by atoms with Gasteiger partial charge in [-0.2, -0.15) is 4.31 Å². The largest absolute Gasteiger partial charge is 0.486 e. The Morgan fingerprint density at radius 3 is 2.47 bits per heavy atom. The van der Waals surface area contributed by atoms with Crippen molar-refractivity contribution in [2.24, 2.45) is 5.92 Å². The lowest BCUT2D eigenvalue weighted by molar-refractivity contribution is -0.117. The van der Waals surface area contributed by atoms with Gasteiger partial charge in [-0.3, -0.25) is 9.59 Å². The van der Waals surface area contributed by atoms with Crippen LogP contribution >= 0.6 is 0 Å². The third-order valence-electron chi connectivity index (χ3n) is 5.32. The van der Waals surface area contributed by atoms with Crippen molar-refractivity contribution in [3.63, 3.8) is 0 Å². The molecule has 10 heteroatoms. The standard InChI is InChI=1S/C22H25N3O6S/c1-14-3-6-16(23-22(27)15-4-5-15)11-18(14)24-21(26)13-25(2)32(28,29)17-7-8-19-20(12-17)31-10-9-30-19/h3,6-8,11-12,15H,4-5,9-10,13H2,1-2H3,(H,23,27)(H,24,26). The SMILES string of the molecule is Cc1ccc(NC(=O)C2CC2)cc1NC(=O)CN(C)S(=O)(=O)c1ccc2c(c1)OCCO2. The van der Waals surface area contributed by atoms with Gasteiger partial charge in [0.05, 0.1) is 11.4 Å². The Hall–Kier alpha value is -3.11. The van der Waals surface area contributed by atoms with Crippen LogP contribution in [-0.4, -0.2) is 51.3 Å². The predicted molar refractivity (Wildman–Crippen MR) is 118 cm³/mol. The van der Waals surface area contributed by atoms with E-state index in [1.54, 1.807) is 24.3 Å². The van der Waals surface area contributed by atoms with E-state index < -0.39 is 15.9 Å². The Balaban J connectivity index is 1.42. The second-order valence-corrected chi connectivity index (χ2v) is 9.95. The van der Waals surface area contributed by atoms with Gasteiger partial charge in [0.15, 0.2) is 11.5 Å². The number of sulfonamides is 1. The molecular weight excluding hydrogens is 434 g/mol. The van der Waals surface area contributed by atoms with Gasteiger partial charge in [0.1, 0.15) is 13.2 Å². The minimum absolute atomic E-state index is 0.0121. The molecule has 0 radical (unpaired) electrons. The maximum Gasteiger partial charge on any atom is 0.243 e. The molecule has 0 atom stereocenters. The van der Waals surface area contributed by atoms with Crippen LogP contribution in [0.1, 0.15) is 18.4 Å². The molecule has 2 N–H and O–H groups in total. The van der Waals surface area contributed by atoms with Crippen LogP contribution in [0, 0.1) is 12.8 Å². The molecule has 2 aromatic rings. The molecule has 1 saturated carbocycles. The highest BCUT2D eigenvalue weighted by atomic mass is 32.2. The lowest BCUT2D eigenvalue weighted by Crippen LogP contribution is -2.35. The second kappa shape index (κ2) is 8.79. The highest BCUT2D eigenvalue weighted by molar-refractivity contribution is 7.89. The molecule has 1 aliphatic carbocycles. The van der Waals surface area contributed by atoms with Gasteiger partial charge in [-0.1, -0.05) is 6.07 Å². The fraction of sp³-hybridized carbons (Fsp3) is 0.364. The number of amides is 2. The number of rotatable bonds is 7. The number of aryl methyl sites for hydroxylation is 1. The van der Waals surface area contributed by atoms with Crippen LogP contribution in [-0.2, 0) is 19.6 Å². The minimum Gasteiger partial charge on any atom is -0.486 e.